The molecule has 0 aromatic heterocycles. The van der Waals surface area contributed by atoms with E-state index in [2.05, 4.69) is 0 Å². The van der Waals surface area contributed by atoms with Crippen LogP contribution in [-0.2, 0) is 9.05 Å². The summed E-state index contributed by atoms with van der Waals surface area (Å²) in [7, 11) is 1.92. The average Bonchev–Trinajstić information content (AvgIpc) is 2.34. The normalized spacial score (nSPS) is 23.8. The van der Waals surface area contributed by atoms with Crippen molar-refractivity contribution < 1.29 is 8.42 Å². The van der Waals surface area contributed by atoms with Gasteiger partial charge in [0.2, 0.25) is 9.05 Å². The van der Waals surface area contributed by atoms with E-state index < -0.39 is 9.05 Å². The minimum atomic E-state index is -3.31. The number of hydrogen-bond donors (Lipinski definition) is 0. The third-order valence-electron chi connectivity index (χ3n) is 2.51. The van der Waals surface area contributed by atoms with Crippen LogP contribution in [0.25, 0.3) is 0 Å². The van der Waals surface area contributed by atoms with Crippen molar-refractivity contribution in [3.8, 4) is 0 Å². The quantitative estimate of drug-likeness (QED) is 0.635. The summed E-state index contributed by atoms with van der Waals surface area (Å²) in [6, 6.07) is 0. The molecule has 0 N–H and O–H groups in total. The first-order valence-electron chi connectivity index (χ1n) is 3.95. The van der Waals surface area contributed by atoms with Crippen molar-refractivity contribution in [2.75, 3.05) is 0 Å². The fraction of sp³-hybridized carbons (Fsp3) is 1.00. The number of rotatable bonds is 2. The Labute approximate surface area is 72.4 Å². The summed E-state index contributed by atoms with van der Waals surface area (Å²) in [5.74, 6) is 0.303. The van der Waals surface area contributed by atoms with Crippen LogP contribution in [0.5, 0.6) is 0 Å². The Kier molecular flexibility index (Phi) is 2.81. The SMILES string of the molecule is CC(C1CCCC1)S(=O)(=O)Cl. The van der Waals surface area contributed by atoms with Gasteiger partial charge in [0.05, 0.1) is 5.25 Å². The molecule has 0 heterocycles. The van der Waals surface area contributed by atoms with Crippen molar-refractivity contribution >= 4 is 19.7 Å². The monoisotopic (exact) mass is 196 g/mol. The summed E-state index contributed by atoms with van der Waals surface area (Å²) in [6.07, 6.45) is 4.35. The molecule has 1 aliphatic rings. The molecule has 4 heteroatoms. The summed E-state index contributed by atoms with van der Waals surface area (Å²) in [4.78, 5) is 0. The highest BCUT2D eigenvalue weighted by molar-refractivity contribution is 8.14. The molecule has 2 nitrogen and oxygen atoms in total. The van der Waals surface area contributed by atoms with Crippen LogP contribution in [0.2, 0.25) is 0 Å². The minimum absolute atomic E-state index is 0.303. The Morgan fingerprint density at radius 1 is 1.36 bits per heavy atom. The van der Waals surface area contributed by atoms with Crippen LogP contribution in [0.3, 0.4) is 0 Å². The van der Waals surface area contributed by atoms with E-state index in [9.17, 15) is 8.42 Å². The lowest BCUT2D eigenvalue weighted by molar-refractivity contribution is 0.509. The van der Waals surface area contributed by atoms with Crippen molar-refractivity contribution in [1.82, 2.24) is 0 Å². The van der Waals surface area contributed by atoms with E-state index in [1.165, 1.54) is 0 Å². The Bertz CT molecular complexity index is 217. The molecule has 0 radical (unpaired) electrons. The van der Waals surface area contributed by atoms with Gasteiger partial charge in [0.15, 0.2) is 0 Å². The van der Waals surface area contributed by atoms with E-state index in [1.807, 2.05) is 0 Å². The topological polar surface area (TPSA) is 34.1 Å². The zero-order chi connectivity index (χ0) is 8.48. The van der Waals surface area contributed by atoms with E-state index >= 15 is 0 Å². The van der Waals surface area contributed by atoms with Crippen LogP contribution in [-0.4, -0.2) is 13.7 Å². The van der Waals surface area contributed by atoms with Gasteiger partial charge in [-0.15, -0.1) is 0 Å². The van der Waals surface area contributed by atoms with Gasteiger partial charge in [0, 0.05) is 10.7 Å². The summed E-state index contributed by atoms with van der Waals surface area (Å²) in [5, 5.41) is -0.355. The zero-order valence-corrected chi connectivity index (χ0v) is 8.16. The lowest BCUT2D eigenvalue weighted by atomic mass is 10.1. The maximum Gasteiger partial charge on any atom is 0.235 e. The van der Waals surface area contributed by atoms with Crippen LogP contribution >= 0.6 is 10.7 Å². The molecular weight excluding hydrogens is 184 g/mol. The molecule has 0 amide bonds. The minimum Gasteiger partial charge on any atom is -0.212 e. The molecule has 1 unspecified atom stereocenters. The standard InChI is InChI=1S/C7H13ClO2S/c1-6(11(8,9)10)7-4-2-3-5-7/h6-7H,2-5H2,1H3. The zero-order valence-electron chi connectivity index (χ0n) is 6.59. The third-order valence-corrected chi connectivity index (χ3v) is 4.62. The van der Waals surface area contributed by atoms with Gasteiger partial charge in [-0.3, -0.25) is 0 Å². The maximum atomic E-state index is 10.9. The molecule has 0 saturated heterocycles. The molecule has 0 bridgehead atoms. The van der Waals surface area contributed by atoms with Crippen LogP contribution in [0.1, 0.15) is 32.6 Å². The molecule has 0 spiro atoms. The van der Waals surface area contributed by atoms with Crippen molar-refractivity contribution in [2.24, 2.45) is 5.92 Å². The van der Waals surface area contributed by atoms with Crippen LogP contribution in [0.15, 0.2) is 0 Å². The molecule has 1 atom stereocenters. The van der Waals surface area contributed by atoms with Crippen molar-refractivity contribution in [1.29, 1.82) is 0 Å². The van der Waals surface area contributed by atoms with Crippen LogP contribution in [0.4, 0.5) is 0 Å². The molecule has 1 rings (SSSR count). The van der Waals surface area contributed by atoms with E-state index in [0.717, 1.165) is 25.7 Å². The second kappa shape index (κ2) is 3.31. The van der Waals surface area contributed by atoms with Gasteiger partial charge >= 0.3 is 0 Å². The molecular formula is C7H13ClO2S. The highest BCUT2D eigenvalue weighted by atomic mass is 35.7. The summed E-state index contributed by atoms with van der Waals surface area (Å²) >= 11 is 0. The second-order valence-corrected chi connectivity index (χ2v) is 6.21. The first-order chi connectivity index (χ1) is 5.02. The molecule has 1 fully saturated rings. The van der Waals surface area contributed by atoms with Gasteiger partial charge in [-0.2, -0.15) is 0 Å². The first-order valence-corrected chi connectivity index (χ1v) is 6.32. The lowest BCUT2D eigenvalue weighted by Crippen LogP contribution is -2.20. The van der Waals surface area contributed by atoms with Gasteiger partial charge in [-0.25, -0.2) is 8.42 Å². The van der Waals surface area contributed by atoms with E-state index in [4.69, 9.17) is 10.7 Å². The van der Waals surface area contributed by atoms with Gasteiger partial charge in [0.1, 0.15) is 0 Å². The molecule has 1 aliphatic carbocycles. The van der Waals surface area contributed by atoms with Gasteiger partial charge in [-0.05, 0) is 25.7 Å². The Morgan fingerprint density at radius 3 is 2.18 bits per heavy atom. The highest BCUT2D eigenvalue weighted by Crippen LogP contribution is 2.31. The van der Waals surface area contributed by atoms with Gasteiger partial charge in [-0.1, -0.05) is 12.8 Å². The summed E-state index contributed by atoms with van der Waals surface area (Å²) < 4.78 is 21.8. The van der Waals surface area contributed by atoms with E-state index in [-0.39, 0.29) is 5.25 Å². The van der Waals surface area contributed by atoms with E-state index in [1.54, 1.807) is 6.92 Å². The Morgan fingerprint density at radius 2 is 1.82 bits per heavy atom. The summed E-state index contributed by atoms with van der Waals surface area (Å²) in [6.45, 7) is 1.71. The van der Waals surface area contributed by atoms with E-state index in [0.29, 0.717) is 5.92 Å². The third kappa shape index (κ3) is 2.34. The predicted molar refractivity (Wildman–Crippen MR) is 46.2 cm³/mol. The van der Waals surface area contributed by atoms with Gasteiger partial charge in [0.25, 0.3) is 0 Å². The second-order valence-electron chi connectivity index (χ2n) is 3.23. The first kappa shape index (κ1) is 9.33. The van der Waals surface area contributed by atoms with Crippen molar-refractivity contribution in [2.45, 2.75) is 37.9 Å². The lowest BCUT2D eigenvalue weighted by Gasteiger charge is -2.14. The smallest absolute Gasteiger partial charge is 0.212 e. The molecule has 0 aromatic rings. The molecule has 0 aliphatic heterocycles. The average molecular weight is 197 g/mol. The Balaban J connectivity index is 2.60. The molecule has 0 aromatic carbocycles. The predicted octanol–water partition coefficient (Wildman–Crippen LogP) is 2.13. The van der Waals surface area contributed by atoms with Crippen LogP contribution < -0.4 is 0 Å². The fourth-order valence-corrected chi connectivity index (χ4v) is 2.83. The highest BCUT2D eigenvalue weighted by Gasteiger charge is 2.29. The molecule has 11 heavy (non-hydrogen) atoms. The van der Waals surface area contributed by atoms with Crippen LogP contribution in [0, 0.1) is 5.92 Å². The molecule has 1 saturated carbocycles. The number of halogens is 1. The van der Waals surface area contributed by atoms with Gasteiger partial charge < -0.3 is 0 Å². The fourth-order valence-electron chi connectivity index (χ4n) is 1.66. The number of hydrogen-bond acceptors (Lipinski definition) is 2. The maximum absolute atomic E-state index is 10.9. The van der Waals surface area contributed by atoms with Crippen molar-refractivity contribution in [3.05, 3.63) is 0 Å². The summed E-state index contributed by atoms with van der Waals surface area (Å²) in [5.41, 5.74) is 0. The molecule has 66 valence electrons. The van der Waals surface area contributed by atoms with Crippen molar-refractivity contribution in [3.63, 3.8) is 0 Å². The Hall–Kier alpha value is 0.240. The largest absolute Gasteiger partial charge is 0.235 e.